The smallest absolute Gasteiger partial charge is 0.135 e. The Hall–Kier alpha value is -4.60. The molecule has 9 heteroatoms. The van der Waals surface area contributed by atoms with Crippen molar-refractivity contribution in [3.05, 3.63) is 84.4 Å². The highest BCUT2D eigenvalue weighted by Crippen LogP contribution is 2.35. The normalized spacial score (nSPS) is 14.0. The van der Waals surface area contributed by atoms with Crippen LogP contribution in [0.25, 0.3) is 55.7 Å². The topological polar surface area (TPSA) is 88.8 Å². The Morgan fingerprint density at radius 2 is 1.84 bits per heavy atom. The summed E-state index contributed by atoms with van der Waals surface area (Å²) in [5, 5.41) is 12.1. The summed E-state index contributed by atoms with van der Waals surface area (Å²) in [6.45, 7) is 4.79. The van der Waals surface area contributed by atoms with Gasteiger partial charge in [0.05, 0.1) is 16.9 Å². The molecule has 8 nitrogen and oxygen atoms in total. The van der Waals surface area contributed by atoms with Gasteiger partial charge in [-0.3, -0.25) is 15.0 Å². The van der Waals surface area contributed by atoms with E-state index >= 15 is 0 Å². The molecule has 43 heavy (non-hydrogen) atoms. The standard InChI is InChI=1S/C34H35FN8/c1-42(2)13-10-37-26-16-23(15-25(35)17-26)27-6-5-7-30-28(27)18-32(38-30)34-33-31(40-41-34)9-8-29(39-33)24-14-22(19-36-20-24)21-43-11-3-4-12-43/h5-9,14-20,37-38H,3-4,10-13,21H2,1-2H3,(H,40,41). The molecular weight excluding hydrogens is 539 g/mol. The highest BCUT2D eigenvalue weighted by Gasteiger charge is 2.17. The monoisotopic (exact) mass is 574 g/mol. The molecule has 2 aromatic carbocycles. The van der Waals surface area contributed by atoms with Gasteiger partial charge in [-0.15, -0.1) is 0 Å². The Morgan fingerprint density at radius 1 is 0.953 bits per heavy atom. The van der Waals surface area contributed by atoms with Gasteiger partial charge in [-0.2, -0.15) is 5.10 Å². The number of likely N-dealkylation sites (tertiary alicyclic amines) is 1. The summed E-state index contributed by atoms with van der Waals surface area (Å²) in [4.78, 5) is 17.7. The number of likely N-dealkylation sites (N-methyl/N-ethyl adjacent to an activating group) is 1. The Morgan fingerprint density at radius 3 is 2.70 bits per heavy atom. The molecule has 6 aromatic rings. The van der Waals surface area contributed by atoms with E-state index in [4.69, 9.17) is 4.98 Å². The van der Waals surface area contributed by atoms with Crippen LogP contribution in [0.4, 0.5) is 10.1 Å². The molecule has 0 bridgehead atoms. The first-order chi connectivity index (χ1) is 21.0. The van der Waals surface area contributed by atoms with E-state index in [-0.39, 0.29) is 5.82 Å². The lowest BCUT2D eigenvalue weighted by molar-refractivity contribution is 0.331. The Kier molecular flexibility index (Phi) is 7.34. The van der Waals surface area contributed by atoms with Crippen LogP contribution in [-0.2, 0) is 6.54 Å². The van der Waals surface area contributed by atoms with E-state index in [1.165, 1.54) is 18.4 Å². The highest BCUT2D eigenvalue weighted by atomic mass is 19.1. The van der Waals surface area contributed by atoms with Crippen molar-refractivity contribution in [1.82, 2.24) is 34.9 Å². The van der Waals surface area contributed by atoms with Crippen molar-refractivity contribution in [2.45, 2.75) is 19.4 Å². The molecule has 4 aromatic heterocycles. The third-order valence-electron chi connectivity index (χ3n) is 8.12. The second-order valence-electron chi connectivity index (χ2n) is 11.6. The average molecular weight is 575 g/mol. The van der Waals surface area contributed by atoms with Crippen LogP contribution >= 0.6 is 0 Å². The van der Waals surface area contributed by atoms with E-state index in [9.17, 15) is 4.39 Å². The third-order valence-corrected chi connectivity index (χ3v) is 8.12. The number of nitrogens with one attached hydrogen (secondary N) is 3. The van der Waals surface area contributed by atoms with Crippen molar-refractivity contribution in [1.29, 1.82) is 0 Å². The summed E-state index contributed by atoms with van der Waals surface area (Å²) in [6, 6.07) is 19.5. The maximum atomic E-state index is 14.7. The van der Waals surface area contributed by atoms with Crippen molar-refractivity contribution < 1.29 is 4.39 Å². The van der Waals surface area contributed by atoms with Crippen molar-refractivity contribution in [3.63, 3.8) is 0 Å². The number of halogens is 1. The molecule has 0 unspecified atom stereocenters. The van der Waals surface area contributed by atoms with Crippen LogP contribution in [0, 0.1) is 5.82 Å². The average Bonchev–Trinajstić information content (AvgIpc) is 3.76. The van der Waals surface area contributed by atoms with Crippen LogP contribution in [0.3, 0.4) is 0 Å². The second kappa shape index (κ2) is 11.6. The van der Waals surface area contributed by atoms with Crippen LogP contribution in [-0.4, -0.2) is 75.2 Å². The first-order valence-corrected chi connectivity index (χ1v) is 14.8. The van der Waals surface area contributed by atoms with E-state index in [1.54, 1.807) is 12.1 Å². The Bertz CT molecular complexity index is 1900. The van der Waals surface area contributed by atoms with Crippen molar-refractivity contribution in [3.8, 4) is 33.8 Å². The Labute approximate surface area is 250 Å². The van der Waals surface area contributed by atoms with E-state index in [1.807, 2.05) is 62.9 Å². The van der Waals surface area contributed by atoms with Gasteiger partial charge in [0.25, 0.3) is 0 Å². The molecule has 5 heterocycles. The predicted octanol–water partition coefficient (Wildman–Crippen LogP) is 6.54. The first-order valence-electron chi connectivity index (χ1n) is 14.8. The summed E-state index contributed by atoms with van der Waals surface area (Å²) in [6.07, 6.45) is 6.36. The maximum Gasteiger partial charge on any atom is 0.135 e. The SMILES string of the molecule is CN(C)CCNc1cc(F)cc(-c2cccc3[nH]c(-c4n[nH]c5ccc(-c6cncc(CN7CCCC7)c6)nc45)cc23)c1. The van der Waals surface area contributed by atoms with Crippen LogP contribution in [0.15, 0.2) is 73.1 Å². The number of rotatable bonds is 9. The zero-order chi connectivity index (χ0) is 29.3. The number of hydrogen-bond donors (Lipinski definition) is 3. The molecule has 0 atom stereocenters. The van der Waals surface area contributed by atoms with Crippen LogP contribution in [0.1, 0.15) is 18.4 Å². The van der Waals surface area contributed by atoms with Gasteiger partial charge in [0.2, 0.25) is 0 Å². The molecule has 0 saturated carbocycles. The van der Waals surface area contributed by atoms with Crippen LogP contribution in [0.2, 0.25) is 0 Å². The molecule has 1 aliphatic rings. The summed E-state index contributed by atoms with van der Waals surface area (Å²) in [5.74, 6) is -0.272. The van der Waals surface area contributed by atoms with Crippen molar-refractivity contribution >= 4 is 27.6 Å². The van der Waals surface area contributed by atoms with Crippen molar-refractivity contribution in [2.24, 2.45) is 0 Å². The molecule has 0 aliphatic carbocycles. The summed E-state index contributed by atoms with van der Waals surface area (Å²) in [7, 11) is 4.04. The molecule has 218 valence electrons. The molecular formula is C34H35FN8. The maximum absolute atomic E-state index is 14.7. The Balaban J connectivity index is 1.22. The number of nitrogens with zero attached hydrogens (tertiary/aromatic N) is 5. The zero-order valence-electron chi connectivity index (χ0n) is 24.5. The van der Waals surface area contributed by atoms with Gasteiger partial charge in [0, 0.05) is 54.2 Å². The minimum absolute atomic E-state index is 0.272. The third kappa shape index (κ3) is 5.74. The van der Waals surface area contributed by atoms with E-state index < -0.39 is 0 Å². The number of benzene rings is 2. The lowest BCUT2D eigenvalue weighted by atomic mass is 10.0. The fourth-order valence-electron chi connectivity index (χ4n) is 5.97. The number of hydrogen-bond acceptors (Lipinski definition) is 6. The molecule has 3 N–H and O–H groups in total. The van der Waals surface area contributed by atoms with Gasteiger partial charge in [-0.25, -0.2) is 9.37 Å². The van der Waals surface area contributed by atoms with E-state index in [2.05, 4.69) is 47.4 Å². The molecule has 1 fully saturated rings. The van der Waals surface area contributed by atoms with E-state index in [0.29, 0.717) is 0 Å². The van der Waals surface area contributed by atoms with Gasteiger partial charge in [0.15, 0.2) is 0 Å². The molecule has 0 amide bonds. The quantitative estimate of drug-likeness (QED) is 0.182. The van der Waals surface area contributed by atoms with Gasteiger partial charge in [-0.05, 0) is 105 Å². The van der Waals surface area contributed by atoms with Gasteiger partial charge in [-0.1, -0.05) is 12.1 Å². The minimum Gasteiger partial charge on any atom is -0.384 e. The number of aromatic amines is 2. The number of fused-ring (bicyclic) bond motifs is 2. The van der Waals surface area contributed by atoms with Gasteiger partial charge >= 0.3 is 0 Å². The van der Waals surface area contributed by atoms with Gasteiger partial charge < -0.3 is 15.2 Å². The summed E-state index contributed by atoms with van der Waals surface area (Å²) in [5.41, 5.74) is 9.76. The van der Waals surface area contributed by atoms with Crippen LogP contribution < -0.4 is 5.32 Å². The molecule has 0 spiro atoms. The number of aromatic nitrogens is 5. The molecule has 0 radical (unpaired) electrons. The zero-order valence-corrected chi connectivity index (χ0v) is 24.5. The number of anilines is 1. The highest BCUT2D eigenvalue weighted by molar-refractivity contribution is 6.00. The van der Waals surface area contributed by atoms with Crippen molar-refractivity contribution in [2.75, 3.05) is 45.6 Å². The minimum atomic E-state index is -0.272. The lowest BCUT2D eigenvalue weighted by Crippen LogP contribution is -2.20. The second-order valence-corrected chi connectivity index (χ2v) is 11.6. The molecule has 1 saturated heterocycles. The van der Waals surface area contributed by atoms with Crippen LogP contribution in [0.5, 0.6) is 0 Å². The number of H-pyrrole nitrogens is 2. The lowest BCUT2D eigenvalue weighted by Gasteiger charge is -2.14. The molecule has 7 rings (SSSR count). The molecule has 1 aliphatic heterocycles. The fraction of sp³-hybridized carbons (Fsp3) is 0.265. The number of pyridine rings is 2. The largest absolute Gasteiger partial charge is 0.384 e. The first kappa shape index (κ1) is 27.2. The summed E-state index contributed by atoms with van der Waals surface area (Å²) >= 11 is 0. The fourth-order valence-corrected chi connectivity index (χ4v) is 5.97. The predicted molar refractivity (Wildman–Crippen MR) is 171 cm³/mol. The van der Waals surface area contributed by atoms with Gasteiger partial charge in [0.1, 0.15) is 17.0 Å². The summed E-state index contributed by atoms with van der Waals surface area (Å²) < 4.78 is 14.7. The van der Waals surface area contributed by atoms with E-state index in [0.717, 1.165) is 94.1 Å².